The molecule has 0 atom stereocenters. The Morgan fingerprint density at radius 3 is 2.67 bits per heavy atom. The highest BCUT2D eigenvalue weighted by Crippen LogP contribution is 2.16. The van der Waals surface area contributed by atoms with Crippen LogP contribution in [-0.2, 0) is 7.05 Å². The number of nitrogens with zero attached hydrogens (tertiary/aromatic N) is 1. The predicted octanol–water partition coefficient (Wildman–Crippen LogP) is 2.31. The molecular weight excluding hydrogens is 233 g/mol. The number of hydrogen-bond donors (Lipinski definition) is 2. The molecule has 0 fully saturated rings. The fourth-order valence-electron chi connectivity index (χ4n) is 1.73. The lowest BCUT2D eigenvalue weighted by Crippen LogP contribution is -2.15. The molecule has 0 aliphatic heterocycles. The fraction of sp³-hybridized carbons (Fsp3) is 0.154. The molecule has 2 aromatic rings. The van der Waals surface area contributed by atoms with Crippen LogP contribution in [0.2, 0.25) is 0 Å². The van der Waals surface area contributed by atoms with Gasteiger partial charge in [0.15, 0.2) is 0 Å². The Hall–Kier alpha value is -2.30. The van der Waals surface area contributed by atoms with Crippen molar-refractivity contribution in [2.24, 2.45) is 7.05 Å². The van der Waals surface area contributed by atoms with E-state index in [1.807, 2.05) is 0 Å². The van der Waals surface area contributed by atoms with Crippen molar-refractivity contribution in [3.05, 3.63) is 47.5 Å². The maximum Gasteiger partial charge on any atom is 0.272 e. The first-order valence-corrected chi connectivity index (χ1v) is 5.46. The van der Waals surface area contributed by atoms with Gasteiger partial charge in [0.1, 0.15) is 11.5 Å². The molecule has 0 unspecified atom stereocenters. The van der Waals surface area contributed by atoms with Gasteiger partial charge in [-0.15, -0.1) is 0 Å². The summed E-state index contributed by atoms with van der Waals surface area (Å²) in [6.45, 7) is 1.64. The van der Waals surface area contributed by atoms with E-state index in [9.17, 15) is 9.18 Å². The standard InChI is InChI=1S/C13H14FN3O/c1-8-5-10(3-4-11(8)14)16-13(18)12-6-9(15)7-17(12)2/h3-7H,15H2,1-2H3,(H,16,18). The molecule has 0 aliphatic carbocycles. The second-order valence-electron chi connectivity index (χ2n) is 4.19. The molecule has 1 aromatic heterocycles. The highest BCUT2D eigenvalue weighted by molar-refractivity contribution is 6.03. The zero-order chi connectivity index (χ0) is 13.3. The third kappa shape index (κ3) is 2.34. The molecule has 0 radical (unpaired) electrons. The number of carbonyl (C=O) groups is 1. The number of aromatic nitrogens is 1. The van der Waals surface area contributed by atoms with Crippen LogP contribution in [-0.4, -0.2) is 10.5 Å². The number of aryl methyl sites for hydroxylation is 2. The Kier molecular flexibility index (Phi) is 3.06. The Balaban J connectivity index is 2.21. The number of hydrogen-bond acceptors (Lipinski definition) is 2. The molecule has 0 aliphatic rings. The Morgan fingerprint density at radius 1 is 1.39 bits per heavy atom. The van der Waals surface area contributed by atoms with Crippen LogP contribution in [0.15, 0.2) is 30.5 Å². The van der Waals surface area contributed by atoms with Gasteiger partial charge in [0.25, 0.3) is 5.91 Å². The van der Waals surface area contributed by atoms with Crippen molar-refractivity contribution < 1.29 is 9.18 Å². The first kappa shape index (κ1) is 12.2. The minimum atomic E-state index is -0.295. The van der Waals surface area contributed by atoms with Crippen molar-refractivity contribution >= 4 is 17.3 Å². The van der Waals surface area contributed by atoms with E-state index >= 15 is 0 Å². The van der Waals surface area contributed by atoms with Gasteiger partial charge in [-0.3, -0.25) is 4.79 Å². The molecule has 1 heterocycles. The van der Waals surface area contributed by atoms with Crippen molar-refractivity contribution in [3.63, 3.8) is 0 Å². The lowest BCUT2D eigenvalue weighted by molar-refractivity contribution is 0.101. The number of nitrogen functional groups attached to an aromatic ring is 1. The van der Waals surface area contributed by atoms with E-state index in [0.29, 0.717) is 22.6 Å². The molecule has 18 heavy (non-hydrogen) atoms. The lowest BCUT2D eigenvalue weighted by atomic mass is 10.2. The Labute approximate surface area is 104 Å². The van der Waals surface area contributed by atoms with Crippen LogP contribution in [0.1, 0.15) is 16.1 Å². The highest BCUT2D eigenvalue weighted by Gasteiger charge is 2.11. The molecular formula is C13H14FN3O. The molecule has 1 aromatic carbocycles. The van der Waals surface area contributed by atoms with Crippen molar-refractivity contribution in [2.75, 3.05) is 11.1 Å². The van der Waals surface area contributed by atoms with E-state index in [4.69, 9.17) is 5.73 Å². The van der Waals surface area contributed by atoms with Crippen LogP contribution in [0.3, 0.4) is 0 Å². The smallest absolute Gasteiger partial charge is 0.272 e. The van der Waals surface area contributed by atoms with Crippen LogP contribution in [0.25, 0.3) is 0 Å². The maximum atomic E-state index is 13.1. The first-order chi connectivity index (χ1) is 8.47. The number of carbonyl (C=O) groups excluding carboxylic acids is 1. The van der Waals surface area contributed by atoms with Gasteiger partial charge in [-0.1, -0.05) is 0 Å². The summed E-state index contributed by atoms with van der Waals surface area (Å²) >= 11 is 0. The monoisotopic (exact) mass is 247 g/mol. The van der Waals surface area contributed by atoms with Gasteiger partial charge in [0, 0.05) is 18.9 Å². The van der Waals surface area contributed by atoms with Gasteiger partial charge < -0.3 is 15.6 Å². The topological polar surface area (TPSA) is 60.1 Å². The number of halogens is 1. The molecule has 1 amide bonds. The van der Waals surface area contributed by atoms with E-state index in [0.717, 1.165) is 0 Å². The molecule has 94 valence electrons. The average Bonchev–Trinajstić information content (AvgIpc) is 2.63. The molecule has 5 heteroatoms. The van der Waals surface area contributed by atoms with Gasteiger partial charge in [-0.2, -0.15) is 0 Å². The Bertz CT molecular complexity index is 604. The lowest BCUT2D eigenvalue weighted by Gasteiger charge is -2.07. The third-order valence-electron chi connectivity index (χ3n) is 2.67. The molecule has 0 spiro atoms. The predicted molar refractivity (Wildman–Crippen MR) is 68.9 cm³/mol. The largest absolute Gasteiger partial charge is 0.397 e. The van der Waals surface area contributed by atoms with Gasteiger partial charge in [-0.05, 0) is 36.8 Å². The van der Waals surface area contributed by atoms with Crippen LogP contribution in [0, 0.1) is 12.7 Å². The molecule has 2 rings (SSSR count). The molecule has 0 saturated carbocycles. The van der Waals surface area contributed by atoms with Crippen molar-refractivity contribution in [2.45, 2.75) is 6.92 Å². The summed E-state index contributed by atoms with van der Waals surface area (Å²) in [6, 6.07) is 6.02. The van der Waals surface area contributed by atoms with Crippen LogP contribution in [0.4, 0.5) is 15.8 Å². The highest BCUT2D eigenvalue weighted by atomic mass is 19.1. The third-order valence-corrected chi connectivity index (χ3v) is 2.67. The molecule has 0 saturated heterocycles. The number of nitrogens with one attached hydrogen (secondary N) is 1. The van der Waals surface area contributed by atoms with E-state index in [1.165, 1.54) is 12.1 Å². The van der Waals surface area contributed by atoms with E-state index in [-0.39, 0.29) is 11.7 Å². The van der Waals surface area contributed by atoms with Crippen molar-refractivity contribution in [1.29, 1.82) is 0 Å². The van der Waals surface area contributed by atoms with Crippen molar-refractivity contribution in [3.8, 4) is 0 Å². The SMILES string of the molecule is Cc1cc(NC(=O)c2cc(N)cn2C)ccc1F. The first-order valence-electron chi connectivity index (χ1n) is 5.46. The Morgan fingerprint density at radius 2 is 2.11 bits per heavy atom. The molecule has 0 bridgehead atoms. The number of anilines is 2. The maximum absolute atomic E-state index is 13.1. The van der Waals surface area contributed by atoms with Gasteiger partial charge in [-0.25, -0.2) is 4.39 Å². The number of rotatable bonds is 2. The summed E-state index contributed by atoms with van der Waals surface area (Å²) in [5, 5.41) is 2.70. The molecule has 4 nitrogen and oxygen atoms in total. The number of benzene rings is 1. The summed E-state index contributed by atoms with van der Waals surface area (Å²) in [5.41, 5.74) is 7.62. The second kappa shape index (κ2) is 4.52. The van der Waals surface area contributed by atoms with Crippen molar-refractivity contribution in [1.82, 2.24) is 4.57 Å². The average molecular weight is 247 g/mol. The zero-order valence-corrected chi connectivity index (χ0v) is 10.2. The number of amides is 1. The molecule has 3 N–H and O–H groups in total. The minimum absolute atomic E-state index is 0.278. The number of nitrogens with two attached hydrogens (primary N) is 1. The van der Waals surface area contributed by atoms with Gasteiger partial charge in [0.05, 0.1) is 5.69 Å². The van der Waals surface area contributed by atoms with Crippen LogP contribution >= 0.6 is 0 Å². The van der Waals surface area contributed by atoms with E-state index in [2.05, 4.69) is 5.32 Å². The normalized spacial score (nSPS) is 10.4. The summed E-state index contributed by atoms with van der Waals surface area (Å²) in [6.07, 6.45) is 1.66. The summed E-state index contributed by atoms with van der Waals surface area (Å²) in [5.74, 6) is -0.573. The quantitative estimate of drug-likeness (QED) is 0.855. The van der Waals surface area contributed by atoms with Gasteiger partial charge in [0.2, 0.25) is 0 Å². The minimum Gasteiger partial charge on any atom is -0.397 e. The van der Waals surface area contributed by atoms with Crippen LogP contribution < -0.4 is 11.1 Å². The fourth-order valence-corrected chi connectivity index (χ4v) is 1.73. The second-order valence-corrected chi connectivity index (χ2v) is 4.19. The summed E-state index contributed by atoms with van der Waals surface area (Å²) in [4.78, 5) is 12.0. The summed E-state index contributed by atoms with van der Waals surface area (Å²) in [7, 11) is 1.74. The van der Waals surface area contributed by atoms with Gasteiger partial charge >= 0.3 is 0 Å². The summed E-state index contributed by atoms with van der Waals surface area (Å²) < 4.78 is 14.7. The zero-order valence-electron chi connectivity index (χ0n) is 10.2. The van der Waals surface area contributed by atoms with Crippen LogP contribution in [0.5, 0.6) is 0 Å². The van der Waals surface area contributed by atoms with E-state index in [1.54, 1.807) is 36.9 Å². The van der Waals surface area contributed by atoms with E-state index < -0.39 is 0 Å².